The van der Waals surface area contributed by atoms with Gasteiger partial charge in [-0.1, -0.05) is 61.8 Å². The molecule has 0 spiro atoms. The summed E-state index contributed by atoms with van der Waals surface area (Å²) in [5.41, 5.74) is 4.23. The van der Waals surface area contributed by atoms with Gasteiger partial charge in [-0.15, -0.1) is 0 Å². The van der Waals surface area contributed by atoms with Crippen LogP contribution in [0.25, 0.3) is 0 Å². The molecule has 0 atom stereocenters. The Balaban J connectivity index is -0.000000533. The van der Waals surface area contributed by atoms with E-state index in [1.807, 2.05) is 11.0 Å². The molecular weight excluding hydrogens is 555 g/mol. The average Bonchev–Trinajstić information content (AvgIpc) is 2.72. The molecule has 0 rings (SSSR count). The predicted octanol–water partition coefficient (Wildman–Crippen LogP) is 9.06. The van der Waals surface area contributed by atoms with Crippen LogP contribution in [0.1, 0.15) is 93.4 Å². The summed E-state index contributed by atoms with van der Waals surface area (Å²) in [6.45, 7) is 14.8. The van der Waals surface area contributed by atoms with Crippen molar-refractivity contribution in [3.05, 3.63) is 47.1 Å². The Morgan fingerprint density at radius 3 is 1.93 bits per heavy atom. The molecule has 0 aromatic carbocycles. The number of halogens is 2. The van der Waals surface area contributed by atoms with Gasteiger partial charge in [0, 0.05) is 6.92 Å². The zero-order valence-electron chi connectivity index (χ0n) is 21.5. The summed E-state index contributed by atoms with van der Waals surface area (Å²) in [7, 11) is 0. The van der Waals surface area contributed by atoms with Crippen molar-refractivity contribution in [2.45, 2.75) is 93.4 Å². The van der Waals surface area contributed by atoms with Crippen LogP contribution in [0.5, 0.6) is 0 Å². The van der Waals surface area contributed by atoms with E-state index in [1.165, 1.54) is 36.5 Å². The first kappa shape index (κ1) is 31.8. The number of carbonyl (C=O) groups excluding carboxylic acids is 1. The van der Waals surface area contributed by atoms with Crippen molar-refractivity contribution in [3.63, 3.8) is 0 Å². The monoisotopic (exact) mass is 601 g/mol. The number of alkyl halides is 1. The maximum absolute atomic E-state index is 10.6. The minimum absolute atomic E-state index is 0.222. The molecule has 0 aromatic rings. The molecule has 0 heterocycles. The number of ether oxygens (including phenoxy) is 1. The van der Waals surface area contributed by atoms with Gasteiger partial charge in [0.15, 0.2) is 0 Å². The van der Waals surface area contributed by atoms with Crippen molar-refractivity contribution in [3.8, 4) is 0 Å². The summed E-state index contributed by atoms with van der Waals surface area (Å²) in [5, 5.41) is 0. The molecule has 0 fully saturated rings. The molecular formula is C25H46BrIO3. The van der Waals surface area contributed by atoms with E-state index in [4.69, 9.17) is 6.17 Å². The van der Waals surface area contributed by atoms with Gasteiger partial charge in [0.2, 0.25) is 0 Å². The fraction of sp³-hybridized carbons (Fsp3) is 0.640. The second-order valence-electron chi connectivity index (χ2n) is 7.03. The van der Waals surface area contributed by atoms with Crippen molar-refractivity contribution < 1.29 is 13.0 Å². The molecule has 3 nitrogen and oxygen atoms in total. The predicted molar refractivity (Wildman–Crippen MR) is 147 cm³/mol. The van der Waals surface area contributed by atoms with Crippen molar-refractivity contribution in [2.24, 2.45) is 0 Å². The summed E-state index contributed by atoms with van der Waals surface area (Å²) in [5.74, 6) is -0.222. The maximum atomic E-state index is 10.6. The first-order valence-electron chi connectivity index (χ1n) is 11.2. The van der Waals surface area contributed by atoms with Gasteiger partial charge < -0.3 is 4.74 Å². The topological polar surface area (TPSA) is 46.5 Å². The van der Waals surface area contributed by atoms with Crippen LogP contribution in [-0.2, 0) is 9.53 Å². The van der Waals surface area contributed by atoms with Crippen molar-refractivity contribution in [2.75, 3.05) is 11.5 Å². The number of carbonyl (C=O) groups is 1. The molecule has 0 radical (unpaired) electrons. The molecule has 1 N–H and O–H groups in total. The third kappa shape index (κ3) is 38.2. The van der Waals surface area contributed by atoms with Crippen LogP contribution < -0.4 is 0 Å². The number of rotatable bonds is 12. The van der Waals surface area contributed by atoms with Gasteiger partial charge in [0.25, 0.3) is 0 Å². The van der Waals surface area contributed by atoms with E-state index >= 15 is 0 Å². The van der Waals surface area contributed by atoms with Crippen LogP contribution in [0.2, 0.25) is 0 Å². The van der Waals surface area contributed by atoms with E-state index < -0.39 is 18.0 Å². The Morgan fingerprint density at radius 2 is 1.50 bits per heavy atom. The molecule has 0 aliphatic carbocycles. The zero-order valence-corrected chi connectivity index (χ0v) is 24.3. The Morgan fingerprint density at radius 1 is 0.933 bits per heavy atom. The zero-order chi connectivity index (χ0) is 24.5. The molecule has 0 saturated carbocycles. The van der Waals surface area contributed by atoms with Gasteiger partial charge in [0.05, 0.1) is 0 Å². The van der Waals surface area contributed by atoms with E-state index in [0.29, 0.717) is 6.61 Å². The van der Waals surface area contributed by atoms with E-state index in [-0.39, 0.29) is 5.97 Å². The number of hydrogen-bond donors (Lipinski definition) is 1. The average molecular weight is 602 g/mol. The fourth-order valence-electron chi connectivity index (χ4n) is 2.14. The van der Waals surface area contributed by atoms with Gasteiger partial charge in [-0.2, -0.15) is 0 Å². The number of hydrogen-bond acceptors (Lipinski definition) is 3. The van der Waals surface area contributed by atoms with E-state index in [0.717, 1.165) is 32.1 Å². The summed E-state index contributed by atoms with van der Waals surface area (Å²) in [4.78, 5) is 12.5. The van der Waals surface area contributed by atoms with Crippen LogP contribution in [0.4, 0.5) is 0 Å². The van der Waals surface area contributed by atoms with Crippen LogP contribution >= 0.6 is 30.7 Å². The van der Waals surface area contributed by atoms with Gasteiger partial charge in [-0.25, -0.2) is 0 Å². The molecule has 0 aromatic heterocycles. The third-order valence-electron chi connectivity index (χ3n) is 3.97. The van der Waals surface area contributed by atoms with Gasteiger partial charge in [-0.3, -0.25) is 4.79 Å². The summed E-state index contributed by atoms with van der Waals surface area (Å²) in [6, 6.07) is 0. The Labute approximate surface area is 202 Å². The van der Waals surface area contributed by atoms with Crippen LogP contribution in [0.15, 0.2) is 47.1 Å². The molecule has 0 amide bonds. The van der Waals surface area contributed by atoms with Crippen molar-refractivity contribution in [1.29, 1.82) is 1.43 Å². The van der Waals surface area contributed by atoms with E-state index in [1.54, 1.807) is 0 Å². The fourth-order valence-corrected chi connectivity index (χ4v) is 2.14. The Bertz CT molecular complexity index is 541. The number of esters is 1. The SMILES string of the molecule is CC/C=C(/C)CC.CCC=CCC/C(C)=C\CC/C(C)=C\COC(C)=O.[2H]OI(C)Br. The van der Waals surface area contributed by atoms with Crippen molar-refractivity contribution >= 4 is 36.7 Å². The molecule has 0 unspecified atom stereocenters. The summed E-state index contributed by atoms with van der Waals surface area (Å²) in [6.07, 6.45) is 18.9. The Hall–Kier alpha value is -0.400. The number of allylic oxidation sites excluding steroid dienone is 7. The first-order chi connectivity index (χ1) is 14.6. The molecule has 5 heteroatoms. The van der Waals surface area contributed by atoms with Gasteiger partial charge in [0.1, 0.15) is 6.61 Å². The molecule has 30 heavy (non-hydrogen) atoms. The second-order valence-corrected chi connectivity index (χ2v) is 14.7. The van der Waals surface area contributed by atoms with Crippen LogP contribution in [-0.4, -0.2) is 22.4 Å². The standard InChI is InChI=1S/C17H28O2.C7H14.CH4BrIO/c1-5-6-7-8-10-15(2)11-9-12-16(3)13-14-19-17(4)18;1-4-6-7(3)5-2;1-3(2)4/h6-7,11,13H,5,8-10,12,14H2,1-4H3;6H,4-5H2,1-3H3;4H,1H3/b7-6?,15-11-,16-13-;7-6-;/i;;4D. The van der Waals surface area contributed by atoms with Crippen LogP contribution in [0.3, 0.4) is 0 Å². The van der Waals surface area contributed by atoms with Gasteiger partial charge in [-0.05, 0) is 71.8 Å². The normalized spacial score (nSPS) is 13.0. The second kappa shape index (κ2) is 26.6. The van der Waals surface area contributed by atoms with E-state index in [9.17, 15) is 4.79 Å². The van der Waals surface area contributed by atoms with Crippen LogP contribution in [0, 0.1) is 0 Å². The van der Waals surface area contributed by atoms with Gasteiger partial charge >= 0.3 is 46.5 Å². The summed E-state index contributed by atoms with van der Waals surface area (Å²) >= 11 is 1.82. The molecule has 178 valence electrons. The quantitative estimate of drug-likeness (QED) is 0.105. The first-order valence-corrected chi connectivity index (χ1v) is 18.7. The molecule has 0 aliphatic rings. The Kier molecular flexibility index (Phi) is 28.2. The summed E-state index contributed by atoms with van der Waals surface area (Å²) < 4.78 is 15.1. The van der Waals surface area contributed by atoms with Crippen molar-refractivity contribution in [1.82, 2.24) is 0 Å². The molecule has 0 bridgehead atoms. The molecule has 0 aliphatic heterocycles. The van der Waals surface area contributed by atoms with E-state index in [2.05, 4.69) is 82.0 Å². The molecule has 0 saturated heterocycles. The third-order valence-corrected chi connectivity index (χ3v) is 3.97. The minimum atomic E-state index is -1.30.